The molecule has 3 aromatic rings. The standard InChI is InChI=1S/C21H21N3O3/c1-14-9-7-8-12-17(14)24-19(25)13-18(27-3)20(23-24)21(26)22-15(2)16-10-5-4-6-11-16/h4-13,15H,1-3H3,(H,22,26)/t15-/m0/s1. The van der Waals surface area contributed by atoms with Crippen LogP contribution in [0.15, 0.2) is 65.5 Å². The monoisotopic (exact) mass is 363 g/mol. The molecule has 3 rings (SSSR count). The van der Waals surface area contributed by atoms with Crippen molar-refractivity contribution >= 4 is 5.91 Å². The summed E-state index contributed by atoms with van der Waals surface area (Å²) in [5.41, 5.74) is 2.16. The van der Waals surface area contributed by atoms with Crippen LogP contribution in [0.3, 0.4) is 0 Å². The normalized spacial score (nSPS) is 11.7. The minimum absolute atomic E-state index is 0.0585. The third-order valence-electron chi connectivity index (χ3n) is 4.32. The van der Waals surface area contributed by atoms with Gasteiger partial charge in [-0.15, -0.1) is 0 Å². The molecule has 2 aromatic carbocycles. The molecule has 0 saturated heterocycles. The number of para-hydroxylation sites is 1. The third kappa shape index (κ3) is 3.89. The van der Waals surface area contributed by atoms with Crippen LogP contribution in [0.25, 0.3) is 5.69 Å². The average molecular weight is 363 g/mol. The Bertz CT molecular complexity index is 1010. The molecule has 0 unspecified atom stereocenters. The van der Waals surface area contributed by atoms with E-state index >= 15 is 0 Å². The third-order valence-corrected chi connectivity index (χ3v) is 4.32. The highest BCUT2D eigenvalue weighted by Gasteiger charge is 2.20. The van der Waals surface area contributed by atoms with Crippen LogP contribution in [-0.4, -0.2) is 22.8 Å². The Labute approximate surface area is 157 Å². The van der Waals surface area contributed by atoms with Crippen LogP contribution in [0.4, 0.5) is 0 Å². The topological polar surface area (TPSA) is 73.2 Å². The number of hydrogen-bond acceptors (Lipinski definition) is 4. The summed E-state index contributed by atoms with van der Waals surface area (Å²) in [6.07, 6.45) is 0. The number of nitrogens with one attached hydrogen (secondary N) is 1. The number of rotatable bonds is 5. The van der Waals surface area contributed by atoms with Crippen molar-refractivity contribution in [3.8, 4) is 11.4 Å². The molecule has 27 heavy (non-hydrogen) atoms. The quantitative estimate of drug-likeness (QED) is 0.756. The number of methoxy groups -OCH3 is 1. The minimum Gasteiger partial charge on any atom is -0.494 e. The van der Waals surface area contributed by atoms with E-state index in [0.29, 0.717) is 5.69 Å². The lowest BCUT2D eigenvalue weighted by Crippen LogP contribution is -2.31. The maximum absolute atomic E-state index is 12.8. The molecule has 1 heterocycles. The number of carbonyl (C=O) groups is 1. The molecule has 0 bridgehead atoms. The second-order valence-corrected chi connectivity index (χ2v) is 6.20. The van der Waals surface area contributed by atoms with Crippen molar-refractivity contribution in [3.63, 3.8) is 0 Å². The van der Waals surface area contributed by atoms with Gasteiger partial charge in [0.15, 0.2) is 11.4 Å². The highest BCUT2D eigenvalue weighted by atomic mass is 16.5. The lowest BCUT2D eigenvalue weighted by Gasteiger charge is -2.16. The summed E-state index contributed by atoms with van der Waals surface area (Å²) in [5, 5.41) is 7.19. The van der Waals surface area contributed by atoms with E-state index in [0.717, 1.165) is 11.1 Å². The van der Waals surface area contributed by atoms with Gasteiger partial charge >= 0.3 is 0 Å². The van der Waals surface area contributed by atoms with Crippen LogP contribution in [0.5, 0.6) is 5.75 Å². The Kier molecular flexibility index (Phi) is 5.35. The zero-order valence-electron chi connectivity index (χ0n) is 15.5. The Balaban J connectivity index is 1.99. The zero-order valence-corrected chi connectivity index (χ0v) is 15.5. The maximum atomic E-state index is 12.8. The highest BCUT2D eigenvalue weighted by Crippen LogP contribution is 2.18. The molecule has 6 heteroatoms. The van der Waals surface area contributed by atoms with Crippen molar-refractivity contribution in [3.05, 3.63) is 87.8 Å². The lowest BCUT2D eigenvalue weighted by molar-refractivity contribution is 0.0929. The van der Waals surface area contributed by atoms with Gasteiger partial charge in [-0.3, -0.25) is 9.59 Å². The van der Waals surface area contributed by atoms with Crippen molar-refractivity contribution in [2.24, 2.45) is 0 Å². The van der Waals surface area contributed by atoms with Gasteiger partial charge in [-0.05, 0) is 31.0 Å². The second kappa shape index (κ2) is 7.86. The van der Waals surface area contributed by atoms with E-state index in [2.05, 4.69) is 10.4 Å². The molecule has 1 aromatic heterocycles. The Morgan fingerprint density at radius 2 is 1.78 bits per heavy atom. The molecule has 138 valence electrons. The van der Waals surface area contributed by atoms with E-state index in [1.165, 1.54) is 17.9 Å². The largest absolute Gasteiger partial charge is 0.494 e. The molecule has 1 amide bonds. The van der Waals surface area contributed by atoms with Crippen LogP contribution in [-0.2, 0) is 0 Å². The van der Waals surface area contributed by atoms with E-state index in [-0.39, 0.29) is 23.0 Å². The van der Waals surface area contributed by atoms with Crippen molar-refractivity contribution < 1.29 is 9.53 Å². The van der Waals surface area contributed by atoms with Gasteiger partial charge in [0.2, 0.25) is 0 Å². The maximum Gasteiger partial charge on any atom is 0.276 e. The Hall–Kier alpha value is -3.41. The number of benzene rings is 2. The van der Waals surface area contributed by atoms with Gasteiger partial charge in [0.1, 0.15) is 0 Å². The van der Waals surface area contributed by atoms with E-state index in [9.17, 15) is 9.59 Å². The molecule has 0 spiro atoms. The molecule has 0 aliphatic heterocycles. The first-order chi connectivity index (χ1) is 13.0. The fourth-order valence-electron chi connectivity index (χ4n) is 2.82. The predicted octanol–water partition coefficient (Wildman–Crippen LogP) is 3.04. The van der Waals surface area contributed by atoms with E-state index < -0.39 is 5.91 Å². The zero-order chi connectivity index (χ0) is 19.4. The van der Waals surface area contributed by atoms with Crippen LogP contribution in [0, 0.1) is 6.92 Å². The first-order valence-corrected chi connectivity index (χ1v) is 8.61. The summed E-state index contributed by atoms with van der Waals surface area (Å²) in [7, 11) is 1.41. The van der Waals surface area contributed by atoms with E-state index in [1.807, 2.05) is 62.4 Å². The number of nitrogens with zero attached hydrogens (tertiary/aromatic N) is 2. The van der Waals surface area contributed by atoms with Gasteiger partial charge in [-0.1, -0.05) is 48.5 Å². The number of ether oxygens (including phenoxy) is 1. The minimum atomic E-state index is -0.412. The van der Waals surface area contributed by atoms with Gasteiger partial charge in [-0.25, -0.2) is 0 Å². The molecule has 1 atom stereocenters. The smallest absolute Gasteiger partial charge is 0.276 e. The summed E-state index contributed by atoms with van der Waals surface area (Å²) in [4.78, 5) is 25.3. The summed E-state index contributed by atoms with van der Waals surface area (Å²) >= 11 is 0. The molecular weight excluding hydrogens is 342 g/mol. The molecule has 0 radical (unpaired) electrons. The average Bonchev–Trinajstić information content (AvgIpc) is 2.69. The SMILES string of the molecule is COc1cc(=O)n(-c2ccccc2C)nc1C(=O)N[C@@H](C)c1ccccc1. The van der Waals surface area contributed by atoms with Crippen molar-refractivity contribution in [2.75, 3.05) is 7.11 Å². The van der Waals surface area contributed by atoms with E-state index in [1.54, 1.807) is 6.07 Å². The van der Waals surface area contributed by atoms with Crippen LogP contribution < -0.4 is 15.6 Å². The first kappa shape index (κ1) is 18.4. The lowest BCUT2D eigenvalue weighted by atomic mass is 10.1. The van der Waals surface area contributed by atoms with Crippen molar-refractivity contribution in [2.45, 2.75) is 19.9 Å². The van der Waals surface area contributed by atoms with Crippen molar-refractivity contribution in [1.82, 2.24) is 15.1 Å². The summed E-state index contributed by atoms with van der Waals surface area (Å²) in [6, 6.07) is 18.0. The Morgan fingerprint density at radius 1 is 1.11 bits per heavy atom. The molecule has 0 saturated carbocycles. The summed E-state index contributed by atoms with van der Waals surface area (Å²) in [6.45, 7) is 3.77. The summed E-state index contributed by atoms with van der Waals surface area (Å²) in [5.74, 6) is -0.270. The van der Waals surface area contributed by atoms with Crippen LogP contribution >= 0.6 is 0 Å². The summed E-state index contributed by atoms with van der Waals surface area (Å²) < 4.78 is 6.44. The molecule has 6 nitrogen and oxygen atoms in total. The van der Waals surface area contributed by atoms with Crippen LogP contribution in [0.2, 0.25) is 0 Å². The highest BCUT2D eigenvalue weighted by molar-refractivity contribution is 5.95. The predicted molar refractivity (Wildman–Crippen MR) is 103 cm³/mol. The van der Waals surface area contributed by atoms with Gasteiger partial charge in [0.25, 0.3) is 11.5 Å². The van der Waals surface area contributed by atoms with Gasteiger partial charge in [0.05, 0.1) is 24.9 Å². The molecule has 0 aliphatic carbocycles. The molecule has 0 aliphatic rings. The molecule has 1 N–H and O–H groups in total. The Morgan fingerprint density at radius 3 is 2.44 bits per heavy atom. The molecule has 0 fully saturated rings. The fraction of sp³-hybridized carbons (Fsp3) is 0.190. The van der Waals surface area contributed by atoms with Gasteiger partial charge in [-0.2, -0.15) is 9.78 Å². The van der Waals surface area contributed by atoms with E-state index in [4.69, 9.17) is 4.74 Å². The number of amides is 1. The van der Waals surface area contributed by atoms with Gasteiger partial charge < -0.3 is 10.1 Å². The number of carbonyl (C=O) groups excluding carboxylic acids is 1. The van der Waals surface area contributed by atoms with Crippen LogP contribution in [0.1, 0.15) is 34.6 Å². The number of aryl methyl sites for hydroxylation is 1. The van der Waals surface area contributed by atoms with Crippen molar-refractivity contribution in [1.29, 1.82) is 0 Å². The number of aromatic nitrogens is 2. The molecular formula is C21H21N3O3. The fourth-order valence-corrected chi connectivity index (χ4v) is 2.82. The number of hydrogen-bond donors (Lipinski definition) is 1. The second-order valence-electron chi connectivity index (χ2n) is 6.20. The van der Waals surface area contributed by atoms with Gasteiger partial charge in [0, 0.05) is 0 Å². The first-order valence-electron chi connectivity index (χ1n) is 8.61.